The molecular weight excluding hydrogens is 330 g/mol. The minimum atomic E-state index is 0.448. The molecule has 0 saturated carbocycles. The first-order valence-corrected chi connectivity index (χ1v) is 9.47. The molecule has 0 bridgehead atoms. The number of methoxy groups -OCH3 is 1. The molecule has 3 aromatic rings. The van der Waals surface area contributed by atoms with Crippen LogP contribution < -0.4 is 10.1 Å². The van der Waals surface area contributed by atoms with E-state index in [0.717, 1.165) is 23.4 Å². The van der Waals surface area contributed by atoms with Crippen molar-refractivity contribution in [3.63, 3.8) is 0 Å². The molecule has 1 aromatic carbocycles. The van der Waals surface area contributed by atoms with Crippen molar-refractivity contribution in [2.24, 2.45) is 0 Å². The number of fused-ring (bicyclic) bond motifs is 1. The molecule has 5 heteroatoms. The number of benzene rings is 1. The Morgan fingerprint density at radius 1 is 1.20 bits per heavy atom. The first-order valence-electron chi connectivity index (χ1n) is 8.59. The first kappa shape index (κ1) is 16.2. The number of aryl methyl sites for hydroxylation is 1. The van der Waals surface area contributed by atoms with E-state index in [1.54, 1.807) is 7.11 Å². The second-order valence-electron chi connectivity index (χ2n) is 6.24. The Morgan fingerprint density at radius 2 is 2.04 bits per heavy atom. The zero-order valence-corrected chi connectivity index (χ0v) is 15.1. The minimum Gasteiger partial charge on any atom is -0.496 e. The summed E-state index contributed by atoms with van der Waals surface area (Å²) in [6.45, 7) is 0.784. The standard InChI is InChI=1S/C20H21N3OS/c1-24-18-7-3-2-5-16(18)20-22-12-14(13-23-20)11-21-17-6-4-8-19-15(17)9-10-25-19/h2-3,5,7,9-10,12-13,17,21H,4,6,8,11H2,1H3. The van der Waals surface area contributed by atoms with Gasteiger partial charge in [-0.05, 0) is 48.4 Å². The molecule has 2 aromatic heterocycles. The minimum absolute atomic E-state index is 0.448. The summed E-state index contributed by atoms with van der Waals surface area (Å²) < 4.78 is 5.39. The molecule has 128 valence electrons. The van der Waals surface area contributed by atoms with Crippen LogP contribution in [-0.4, -0.2) is 17.1 Å². The van der Waals surface area contributed by atoms with E-state index in [1.165, 1.54) is 29.7 Å². The Hall–Kier alpha value is -2.24. The monoisotopic (exact) mass is 351 g/mol. The van der Waals surface area contributed by atoms with Crippen LogP contribution in [0.15, 0.2) is 48.1 Å². The van der Waals surface area contributed by atoms with E-state index in [2.05, 4.69) is 26.7 Å². The Balaban J connectivity index is 1.45. The molecule has 1 aliphatic rings. The number of nitrogens with zero attached hydrogens (tertiary/aromatic N) is 2. The first-order chi connectivity index (χ1) is 12.3. The van der Waals surface area contributed by atoms with E-state index >= 15 is 0 Å². The number of aromatic nitrogens is 2. The zero-order chi connectivity index (χ0) is 17.1. The van der Waals surface area contributed by atoms with Crippen LogP contribution in [0.1, 0.15) is 34.9 Å². The number of thiophene rings is 1. The van der Waals surface area contributed by atoms with Crippen molar-refractivity contribution < 1.29 is 4.74 Å². The Labute approximate surface area is 151 Å². The smallest absolute Gasteiger partial charge is 0.162 e. The highest BCUT2D eigenvalue weighted by Gasteiger charge is 2.20. The molecule has 4 nitrogen and oxygen atoms in total. The highest BCUT2D eigenvalue weighted by molar-refractivity contribution is 7.10. The fourth-order valence-electron chi connectivity index (χ4n) is 3.35. The number of rotatable bonds is 5. The average molecular weight is 351 g/mol. The van der Waals surface area contributed by atoms with Gasteiger partial charge in [0, 0.05) is 35.4 Å². The predicted molar refractivity (Wildman–Crippen MR) is 101 cm³/mol. The normalized spacial score (nSPS) is 16.4. The van der Waals surface area contributed by atoms with Crippen LogP contribution >= 0.6 is 11.3 Å². The second kappa shape index (κ2) is 7.33. The van der Waals surface area contributed by atoms with Gasteiger partial charge in [0.1, 0.15) is 5.75 Å². The quantitative estimate of drug-likeness (QED) is 0.741. The number of para-hydroxylation sites is 1. The highest BCUT2D eigenvalue weighted by Crippen LogP contribution is 2.33. The summed E-state index contributed by atoms with van der Waals surface area (Å²) in [5.41, 5.74) is 3.49. The molecule has 0 radical (unpaired) electrons. The third kappa shape index (κ3) is 3.43. The fourth-order valence-corrected chi connectivity index (χ4v) is 4.34. The van der Waals surface area contributed by atoms with Crippen LogP contribution in [0.4, 0.5) is 0 Å². The van der Waals surface area contributed by atoms with Gasteiger partial charge < -0.3 is 10.1 Å². The van der Waals surface area contributed by atoms with Crippen molar-refractivity contribution in [2.45, 2.75) is 31.8 Å². The lowest BCUT2D eigenvalue weighted by atomic mass is 9.94. The Morgan fingerprint density at radius 3 is 2.88 bits per heavy atom. The number of nitrogens with one attached hydrogen (secondary N) is 1. The maximum atomic E-state index is 5.39. The summed E-state index contributed by atoms with van der Waals surface area (Å²) >= 11 is 1.88. The van der Waals surface area contributed by atoms with Crippen LogP contribution in [-0.2, 0) is 13.0 Å². The van der Waals surface area contributed by atoms with Gasteiger partial charge in [-0.3, -0.25) is 0 Å². The summed E-state index contributed by atoms with van der Waals surface area (Å²) in [7, 11) is 1.67. The zero-order valence-electron chi connectivity index (χ0n) is 14.2. The molecule has 0 amide bonds. The molecule has 25 heavy (non-hydrogen) atoms. The van der Waals surface area contributed by atoms with Crippen LogP contribution in [0.5, 0.6) is 5.75 Å². The molecule has 0 fully saturated rings. The molecule has 4 rings (SSSR count). The van der Waals surface area contributed by atoms with Gasteiger partial charge in [0.05, 0.1) is 12.7 Å². The van der Waals surface area contributed by atoms with Gasteiger partial charge in [-0.15, -0.1) is 11.3 Å². The fraction of sp³-hybridized carbons (Fsp3) is 0.300. The lowest BCUT2D eigenvalue weighted by Crippen LogP contribution is -2.24. The predicted octanol–water partition coefficient (Wildman–Crippen LogP) is 4.38. The summed E-state index contributed by atoms with van der Waals surface area (Å²) in [6.07, 6.45) is 7.48. The summed E-state index contributed by atoms with van der Waals surface area (Å²) in [4.78, 5) is 10.6. The van der Waals surface area contributed by atoms with Gasteiger partial charge >= 0.3 is 0 Å². The Bertz CT molecular complexity index is 844. The SMILES string of the molecule is COc1ccccc1-c1ncc(CNC2CCCc3sccc32)cn1. The van der Waals surface area contributed by atoms with E-state index < -0.39 is 0 Å². The molecule has 1 aliphatic carbocycles. The largest absolute Gasteiger partial charge is 0.496 e. The van der Waals surface area contributed by atoms with Crippen molar-refractivity contribution in [3.8, 4) is 17.1 Å². The molecule has 0 aliphatic heterocycles. The number of ether oxygens (including phenoxy) is 1. The van der Waals surface area contributed by atoms with E-state index in [1.807, 2.05) is 48.0 Å². The lowest BCUT2D eigenvalue weighted by Gasteiger charge is -2.23. The Kier molecular flexibility index (Phi) is 4.76. The summed E-state index contributed by atoms with van der Waals surface area (Å²) in [6, 6.07) is 10.5. The van der Waals surface area contributed by atoms with E-state index in [9.17, 15) is 0 Å². The highest BCUT2D eigenvalue weighted by atomic mass is 32.1. The molecule has 1 atom stereocenters. The maximum absolute atomic E-state index is 5.39. The van der Waals surface area contributed by atoms with Gasteiger partial charge in [-0.1, -0.05) is 12.1 Å². The number of hydrogen-bond donors (Lipinski definition) is 1. The second-order valence-corrected chi connectivity index (χ2v) is 7.24. The topological polar surface area (TPSA) is 47.0 Å². The molecule has 2 heterocycles. The summed E-state index contributed by atoms with van der Waals surface area (Å²) in [5.74, 6) is 1.49. The molecule has 0 spiro atoms. The van der Waals surface area contributed by atoms with E-state index in [4.69, 9.17) is 4.74 Å². The third-order valence-electron chi connectivity index (χ3n) is 4.66. The average Bonchev–Trinajstić information content (AvgIpc) is 3.16. The van der Waals surface area contributed by atoms with Crippen molar-refractivity contribution >= 4 is 11.3 Å². The van der Waals surface area contributed by atoms with Gasteiger partial charge in [0.2, 0.25) is 0 Å². The molecule has 1 unspecified atom stereocenters. The van der Waals surface area contributed by atoms with Crippen molar-refractivity contribution in [1.82, 2.24) is 15.3 Å². The van der Waals surface area contributed by atoms with Crippen molar-refractivity contribution in [1.29, 1.82) is 0 Å². The van der Waals surface area contributed by atoms with Crippen molar-refractivity contribution in [2.75, 3.05) is 7.11 Å². The summed E-state index contributed by atoms with van der Waals surface area (Å²) in [5, 5.41) is 5.87. The number of hydrogen-bond acceptors (Lipinski definition) is 5. The maximum Gasteiger partial charge on any atom is 0.162 e. The van der Waals surface area contributed by atoms with Crippen molar-refractivity contribution in [3.05, 3.63) is 64.1 Å². The molecule has 0 saturated heterocycles. The van der Waals surface area contributed by atoms with Crippen LogP contribution in [0.3, 0.4) is 0 Å². The van der Waals surface area contributed by atoms with Crippen LogP contribution in [0, 0.1) is 0 Å². The van der Waals surface area contributed by atoms with E-state index in [-0.39, 0.29) is 0 Å². The lowest BCUT2D eigenvalue weighted by molar-refractivity contribution is 0.416. The third-order valence-corrected chi connectivity index (χ3v) is 5.65. The van der Waals surface area contributed by atoms with Crippen LogP contribution in [0.25, 0.3) is 11.4 Å². The van der Waals surface area contributed by atoms with E-state index in [0.29, 0.717) is 11.9 Å². The molecule has 1 N–H and O–H groups in total. The van der Waals surface area contributed by atoms with Gasteiger partial charge in [0.25, 0.3) is 0 Å². The van der Waals surface area contributed by atoms with Gasteiger partial charge in [-0.25, -0.2) is 9.97 Å². The van der Waals surface area contributed by atoms with Gasteiger partial charge in [-0.2, -0.15) is 0 Å². The van der Waals surface area contributed by atoms with Crippen LogP contribution in [0.2, 0.25) is 0 Å². The van der Waals surface area contributed by atoms with Gasteiger partial charge in [0.15, 0.2) is 5.82 Å². The molecular formula is C20H21N3OS.